The molecular formula is C13H18N2O3. The van der Waals surface area contributed by atoms with Crippen LogP contribution in [0.5, 0.6) is 0 Å². The molecule has 1 unspecified atom stereocenters. The van der Waals surface area contributed by atoms with Gasteiger partial charge < -0.3 is 15.8 Å². The quantitative estimate of drug-likeness (QED) is 0.793. The number of amides is 1. The molecule has 0 radical (unpaired) electrons. The first kappa shape index (κ1) is 14.2. The van der Waals surface area contributed by atoms with Crippen molar-refractivity contribution in [3.05, 3.63) is 29.3 Å². The topological polar surface area (TPSA) is 81.4 Å². The number of nitrogens with two attached hydrogens (primary N) is 1. The molecule has 0 fully saturated rings. The Bertz CT molecular complexity index is 458. The molecule has 0 aromatic heterocycles. The third-order valence-electron chi connectivity index (χ3n) is 2.68. The van der Waals surface area contributed by atoms with Crippen molar-refractivity contribution in [1.82, 2.24) is 0 Å². The molecule has 5 heteroatoms. The van der Waals surface area contributed by atoms with Gasteiger partial charge in [-0.25, -0.2) is 4.79 Å². The van der Waals surface area contributed by atoms with Crippen molar-refractivity contribution in [3.8, 4) is 0 Å². The SMILES string of the molecule is CCC(N)C(=O)Nc1ccc(C(=O)OC)cc1C. The second-order valence-electron chi connectivity index (χ2n) is 4.03. The number of benzene rings is 1. The number of aryl methyl sites for hydroxylation is 1. The number of methoxy groups -OCH3 is 1. The number of ether oxygens (including phenoxy) is 1. The number of esters is 1. The van der Waals surface area contributed by atoms with Gasteiger partial charge in [0.15, 0.2) is 0 Å². The van der Waals surface area contributed by atoms with Crippen LogP contribution < -0.4 is 11.1 Å². The molecule has 1 rings (SSSR count). The van der Waals surface area contributed by atoms with E-state index in [0.29, 0.717) is 17.7 Å². The van der Waals surface area contributed by atoms with Crippen LogP contribution in [0.3, 0.4) is 0 Å². The van der Waals surface area contributed by atoms with Gasteiger partial charge in [-0.15, -0.1) is 0 Å². The fourth-order valence-electron chi connectivity index (χ4n) is 1.46. The average Bonchev–Trinajstić information content (AvgIpc) is 2.38. The van der Waals surface area contributed by atoms with E-state index in [2.05, 4.69) is 10.1 Å². The Morgan fingerprint density at radius 3 is 2.61 bits per heavy atom. The molecule has 0 aliphatic heterocycles. The molecule has 0 saturated heterocycles. The second kappa shape index (κ2) is 6.16. The van der Waals surface area contributed by atoms with Crippen LogP contribution in [0.25, 0.3) is 0 Å². The zero-order valence-electron chi connectivity index (χ0n) is 10.8. The lowest BCUT2D eigenvalue weighted by Gasteiger charge is -2.12. The minimum atomic E-state index is -0.523. The summed E-state index contributed by atoms with van der Waals surface area (Å²) in [6.07, 6.45) is 0.575. The van der Waals surface area contributed by atoms with Gasteiger partial charge in [0, 0.05) is 5.69 Å². The lowest BCUT2D eigenvalue weighted by atomic mass is 10.1. The summed E-state index contributed by atoms with van der Waals surface area (Å²) in [6.45, 7) is 3.65. The molecular weight excluding hydrogens is 232 g/mol. The highest BCUT2D eigenvalue weighted by Gasteiger charge is 2.13. The van der Waals surface area contributed by atoms with Crippen LogP contribution in [0.15, 0.2) is 18.2 Å². The Kier molecular flexibility index (Phi) is 4.85. The molecule has 0 heterocycles. The lowest BCUT2D eigenvalue weighted by Crippen LogP contribution is -2.35. The minimum Gasteiger partial charge on any atom is -0.465 e. The van der Waals surface area contributed by atoms with Gasteiger partial charge in [-0.2, -0.15) is 0 Å². The zero-order valence-corrected chi connectivity index (χ0v) is 10.8. The van der Waals surface area contributed by atoms with Gasteiger partial charge in [0.2, 0.25) is 5.91 Å². The first-order chi connectivity index (χ1) is 8.49. The van der Waals surface area contributed by atoms with E-state index in [0.717, 1.165) is 5.56 Å². The number of carbonyl (C=O) groups excluding carboxylic acids is 2. The van der Waals surface area contributed by atoms with Gasteiger partial charge in [0.05, 0.1) is 18.7 Å². The maximum Gasteiger partial charge on any atom is 0.337 e. The standard InChI is InChI=1S/C13H18N2O3/c1-4-10(14)12(16)15-11-6-5-9(7-8(11)2)13(17)18-3/h5-7,10H,4,14H2,1-3H3,(H,15,16). The predicted molar refractivity (Wildman–Crippen MR) is 69.4 cm³/mol. The summed E-state index contributed by atoms with van der Waals surface area (Å²) in [5, 5.41) is 2.73. The van der Waals surface area contributed by atoms with E-state index in [1.165, 1.54) is 7.11 Å². The van der Waals surface area contributed by atoms with Gasteiger partial charge in [0.1, 0.15) is 0 Å². The van der Waals surface area contributed by atoms with E-state index in [-0.39, 0.29) is 5.91 Å². The van der Waals surface area contributed by atoms with Crippen LogP contribution in [0.1, 0.15) is 29.3 Å². The molecule has 3 N–H and O–H groups in total. The maximum absolute atomic E-state index is 11.6. The minimum absolute atomic E-state index is 0.230. The van der Waals surface area contributed by atoms with E-state index < -0.39 is 12.0 Å². The molecule has 1 aromatic carbocycles. The second-order valence-corrected chi connectivity index (χ2v) is 4.03. The first-order valence-corrected chi connectivity index (χ1v) is 5.75. The zero-order chi connectivity index (χ0) is 13.7. The van der Waals surface area contributed by atoms with Crippen LogP contribution in [-0.2, 0) is 9.53 Å². The molecule has 0 aliphatic carbocycles. The third kappa shape index (κ3) is 3.30. The largest absolute Gasteiger partial charge is 0.465 e. The highest BCUT2D eigenvalue weighted by atomic mass is 16.5. The Morgan fingerprint density at radius 1 is 1.44 bits per heavy atom. The number of hydrogen-bond donors (Lipinski definition) is 2. The van der Waals surface area contributed by atoms with Gasteiger partial charge in [-0.3, -0.25) is 4.79 Å². The summed E-state index contributed by atoms with van der Waals surface area (Å²) < 4.78 is 4.62. The molecule has 1 atom stereocenters. The predicted octanol–water partition coefficient (Wildman–Crippen LogP) is 1.46. The van der Waals surface area contributed by atoms with Crippen LogP contribution in [0.4, 0.5) is 5.69 Å². The fourth-order valence-corrected chi connectivity index (χ4v) is 1.46. The van der Waals surface area contributed by atoms with E-state index in [1.807, 2.05) is 6.92 Å². The normalized spacial score (nSPS) is 11.8. The van der Waals surface area contributed by atoms with E-state index in [1.54, 1.807) is 25.1 Å². The molecule has 0 bridgehead atoms. The highest BCUT2D eigenvalue weighted by Crippen LogP contribution is 2.17. The van der Waals surface area contributed by atoms with Crippen molar-refractivity contribution in [3.63, 3.8) is 0 Å². The molecule has 0 aliphatic rings. The number of hydrogen-bond acceptors (Lipinski definition) is 4. The van der Waals surface area contributed by atoms with Crippen LogP contribution in [-0.4, -0.2) is 25.0 Å². The van der Waals surface area contributed by atoms with Gasteiger partial charge >= 0.3 is 5.97 Å². The van der Waals surface area contributed by atoms with Gasteiger partial charge in [0.25, 0.3) is 0 Å². The molecule has 5 nitrogen and oxygen atoms in total. The Hall–Kier alpha value is -1.88. The molecule has 0 saturated carbocycles. The maximum atomic E-state index is 11.6. The summed E-state index contributed by atoms with van der Waals surface area (Å²) in [4.78, 5) is 23.0. The van der Waals surface area contributed by atoms with Crippen molar-refractivity contribution in [2.45, 2.75) is 26.3 Å². The molecule has 18 heavy (non-hydrogen) atoms. The Labute approximate surface area is 106 Å². The van der Waals surface area contributed by atoms with Crippen molar-refractivity contribution in [1.29, 1.82) is 0 Å². The number of anilines is 1. The van der Waals surface area contributed by atoms with Crippen molar-refractivity contribution < 1.29 is 14.3 Å². The first-order valence-electron chi connectivity index (χ1n) is 5.75. The van der Waals surface area contributed by atoms with Crippen molar-refractivity contribution in [2.24, 2.45) is 5.73 Å². The van der Waals surface area contributed by atoms with Crippen molar-refractivity contribution in [2.75, 3.05) is 12.4 Å². The number of nitrogens with one attached hydrogen (secondary N) is 1. The van der Waals surface area contributed by atoms with Crippen LogP contribution in [0.2, 0.25) is 0 Å². The smallest absolute Gasteiger partial charge is 0.337 e. The summed E-state index contributed by atoms with van der Waals surface area (Å²) >= 11 is 0. The molecule has 1 aromatic rings. The third-order valence-corrected chi connectivity index (χ3v) is 2.68. The number of rotatable bonds is 4. The van der Waals surface area contributed by atoms with Crippen LogP contribution >= 0.6 is 0 Å². The molecule has 98 valence electrons. The van der Waals surface area contributed by atoms with E-state index in [9.17, 15) is 9.59 Å². The Morgan fingerprint density at radius 2 is 2.11 bits per heavy atom. The average molecular weight is 250 g/mol. The van der Waals surface area contributed by atoms with E-state index in [4.69, 9.17) is 5.73 Å². The summed E-state index contributed by atoms with van der Waals surface area (Å²) in [6, 6.07) is 4.41. The summed E-state index contributed by atoms with van der Waals surface area (Å²) in [5.74, 6) is -0.632. The van der Waals surface area contributed by atoms with E-state index >= 15 is 0 Å². The molecule has 0 spiro atoms. The monoisotopic (exact) mass is 250 g/mol. The number of carbonyl (C=O) groups is 2. The van der Waals surface area contributed by atoms with Crippen LogP contribution in [0, 0.1) is 6.92 Å². The summed E-state index contributed by atoms with van der Waals surface area (Å²) in [5.41, 5.74) is 7.52. The Balaban J connectivity index is 2.86. The summed E-state index contributed by atoms with van der Waals surface area (Å²) in [7, 11) is 1.33. The van der Waals surface area contributed by atoms with Gasteiger partial charge in [-0.05, 0) is 37.1 Å². The molecule has 1 amide bonds. The van der Waals surface area contributed by atoms with Crippen molar-refractivity contribution >= 4 is 17.6 Å². The fraction of sp³-hybridized carbons (Fsp3) is 0.385. The van der Waals surface area contributed by atoms with Gasteiger partial charge in [-0.1, -0.05) is 6.92 Å². The highest BCUT2D eigenvalue weighted by molar-refractivity contribution is 5.96. The lowest BCUT2D eigenvalue weighted by molar-refractivity contribution is -0.117.